The summed E-state index contributed by atoms with van der Waals surface area (Å²) in [6.07, 6.45) is 3.95. The summed E-state index contributed by atoms with van der Waals surface area (Å²) in [5, 5.41) is 3.14. The Balaban J connectivity index is 0.00000169. The lowest BCUT2D eigenvalue weighted by molar-refractivity contribution is -0.694. The maximum Gasteiger partial charge on any atom is 0.230 e. The summed E-state index contributed by atoms with van der Waals surface area (Å²) in [5.41, 5.74) is 0. The quantitative estimate of drug-likeness (QED) is 0.479. The molecule has 1 amide bonds. The maximum absolute atomic E-state index is 10.8. The monoisotopic (exact) mass is 278 g/mol. The van der Waals surface area contributed by atoms with Crippen molar-refractivity contribution in [3.8, 4) is 0 Å². The first-order chi connectivity index (χ1) is 6.33. The van der Waals surface area contributed by atoms with Crippen LogP contribution in [0.4, 0.5) is 0 Å². The molecule has 1 heterocycles. The summed E-state index contributed by atoms with van der Waals surface area (Å²) in [6, 6.07) is 5.90. The van der Waals surface area contributed by atoms with Gasteiger partial charge >= 0.3 is 0 Å². The minimum absolute atomic E-state index is 0. The van der Waals surface area contributed by atoms with Crippen LogP contribution in [0, 0.1) is 0 Å². The minimum atomic E-state index is 0. The number of halogens is 2. The fourth-order valence-corrected chi connectivity index (χ4v) is 1.15. The molecule has 14 heavy (non-hydrogen) atoms. The van der Waals surface area contributed by atoms with Crippen LogP contribution in [0.25, 0.3) is 0 Å². The Kier molecular flexibility index (Phi) is 7.42. The van der Waals surface area contributed by atoms with Crippen molar-refractivity contribution in [1.29, 1.82) is 0 Å². The van der Waals surface area contributed by atoms with Gasteiger partial charge in [0.05, 0.1) is 11.9 Å². The summed E-state index contributed by atoms with van der Waals surface area (Å²) < 4.78 is 2.02. The van der Waals surface area contributed by atoms with Crippen molar-refractivity contribution in [3.63, 3.8) is 0 Å². The second-order valence-corrected chi connectivity index (χ2v) is 3.16. The molecule has 0 aliphatic rings. The Hall–Kier alpha value is -0.610. The third-order valence-electron chi connectivity index (χ3n) is 1.59. The van der Waals surface area contributed by atoms with Crippen LogP contribution in [0.15, 0.2) is 30.6 Å². The first-order valence-electron chi connectivity index (χ1n) is 4.09. The fraction of sp³-hybridized carbons (Fsp3) is 0.333. The number of carbonyl (C=O) groups is 1. The van der Waals surface area contributed by atoms with Gasteiger partial charge in [-0.3, -0.25) is 4.79 Å². The first-order valence-corrected chi connectivity index (χ1v) is 5.22. The first kappa shape index (κ1) is 13.4. The van der Waals surface area contributed by atoms with Gasteiger partial charge in [-0.1, -0.05) is 22.0 Å². The molecule has 3 nitrogen and oxygen atoms in total. The van der Waals surface area contributed by atoms with Gasteiger partial charge in [-0.15, -0.1) is 0 Å². The number of carbonyl (C=O) groups excluding carboxylic acids is 1. The third-order valence-corrected chi connectivity index (χ3v) is 2.10. The molecule has 5 heteroatoms. The molecule has 0 spiro atoms. The summed E-state index contributed by atoms with van der Waals surface area (Å²) >= 11 is 3.08. The minimum Gasteiger partial charge on any atom is -1.00 e. The average molecular weight is 280 g/mol. The van der Waals surface area contributed by atoms with Crippen molar-refractivity contribution in [3.05, 3.63) is 30.6 Å². The molecule has 0 saturated carbocycles. The van der Waals surface area contributed by atoms with Crippen molar-refractivity contribution < 1.29 is 21.8 Å². The van der Waals surface area contributed by atoms with Crippen molar-refractivity contribution in [2.75, 3.05) is 11.9 Å². The highest BCUT2D eigenvalue weighted by Crippen LogP contribution is 1.79. The molecule has 0 radical (unpaired) electrons. The highest BCUT2D eigenvalue weighted by atomic mass is 79.9. The number of hydrogen-bond acceptors (Lipinski definition) is 1. The fourth-order valence-electron chi connectivity index (χ4n) is 0.955. The van der Waals surface area contributed by atoms with Crippen molar-refractivity contribution >= 4 is 21.8 Å². The van der Waals surface area contributed by atoms with E-state index in [4.69, 9.17) is 0 Å². The zero-order valence-electron chi connectivity index (χ0n) is 7.62. The van der Waals surface area contributed by atoms with E-state index in [0.29, 0.717) is 11.9 Å². The SMILES string of the molecule is O=C(CBr)NCC[n+]1ccccc1.[Cl-]. The van der Waals surface area contributed by atoms with Gasteiger partial charge in [0.15, 0.2) is 18.9 Å². The number of nitrogens with zero attached hydrogens (tertiary/aromatic N) is 1. The van der Waals surface area contributed by atoms with Crippen LogP contribution >= 0.6 is 15.9 Å². The van der Waals surface area contributed by atoms with Crippen LogP contribution in [0.5, 0.6) is 0 Å². The number of rotatable bonds is 4. The van der Waals surface area contributed by atoms with Crippen LogP contribution in [0.2, 0.25) is 0 Å². The van der Waals surface area contributed by atoms with E-state index in [1.807, 2.05) is 35.2 Å². The molecule has 0 unspecified atom stereocenters. The zero-order chi connectivity index (χ0) is 9.52. The summed E-state index contributed by atoms with van der Waals surface area (Å²) in [7, 11) is 0. The summed E-state index contributed by atoms with van der Waals surface area (Å²) in [4.78, 5) is 10.8. The maximum atomic E-state index is 10.8. The standard InChI is InChI=1S/C9H11BrN2O.ClH/c10-8-9(13)11-4-7-12-5-2-1-3-6-12;/h1-3,5-6H,4,7-8H2;1H. The second-order valence-electron chi connectivity index (χ2n) is 2.60. The zero-order valence-corrected chi connectivity index (χ0v) is 9.96. The van der Waals surface area contributed by atoms with E-state index in [9.17, 15) is 4.79 Å². The predicted molar refractivity (Wildman–Crippen MR) is 53.4 cm³/mol. The molecular weight excluding hydrogens is 267 g/mol. The summed E-state index contributed by atoms with van der Waals surface area (Å²) in [5.74, 6) is 0.0246. The molecule has 0 bridgehead atoms. The largest absolute Gasteiger partial charge is 1.00 e. The molecule has 0 aliphatic carbocycles. The van der Waals surface area contributed by atoms with Crippen LogP contribution in [-0.4, -0.2) is 17.8 Å². The Labute approximate surface area is 98.1 Å². The molecule has 0 atom stereocenters. The van der Waals surface area contributed by atoms with Gasteiger partial charge in [-0.25, -0.2) is 4.57 Å². The highest BCUT2D eigenvalue weighted by molar-refractivity contribution is 9.09. The molecule has 1 rings (SSSR count). The van der Waals surface area contributed by atoms with Gasteiger partial charge in [0.1, 0.15) is 0 Å². The van der Waals surface area contributed by atoms with Crippen LogP contribution in [0.1, 0.15) is 0 Å². The lowest BCUT2D eigenvalue weighted by Gasteiger charge is -1.99. The Morgan fingerprint density at radius 1 is 1.29 bits per heavy atom. The van der Waals surface area contributed by atoms with Gasteiger partial charge in [0.25, 0.3) is 0 Å². The predicted octanol–water partition coefficient (Wildman–Crippen LogP) is -2.51. The van der Waals surface area contributed by atoms with Gasteiger partial charge in [-0.2, -0.15) is 0 Å². The van der Waals surface area contributed by atoms with Crippen molar-refractivity contribution in [1.82, 2.24) is 5.32 Å². The van der Waals surface area contributed by atoms with Crippen LogP contribution < -0.4 is 22.3 Å². The normalized spacial score (nSPS) is 8.93. The topological polar surface area (TPSA) is 33.0 Å². The number of hydrogen-bond donors (Lipinski definition) is 1. The second kappa shape index (κ2) is 7.76. The van der Waals surface area contributed by atoms with E-state index >= 15 is 0 Å². The average Bonchev–Trinajstić information content (AvgIpc) is 2.19. The van der Waals surface area contributed by atoms with Gasteiger partial charge in [-0.05, 0) is 0 Å². The van der Waals surface area contributed by atoms with Crippen LogP contribution in [0.3, 0.4) is 0 Å². The lowest BCUT2D eigenvalue weighted by Crippen LogP contribution is -3.00. The molecule has 0 fully saturated rings. The molecular formula is C9H12BrClN2O. The molecule has 0 aromatic carbocycles. The number of nitrogens with one attached hydrogen (secondary N) is 1. The Bertz CT molecular complexity index is 269. The Morgan fingerprint density at radius 3 is 2.50 bits per heavy atom. The van der Waals surface area contributed by atoms with E-state index in [1.54, 1.807) is 0 Å². The third kappa shape index (κ3) is 5.19. The molecule has 1 N–H and O–H groups in total. The smallest absolute Gasteiger partial charge is 0.230 e. The highest BCUT2D eigenvalue weighted by Gasteiger charge is 1.99. The van der Waals surface area contributed by atoms with Gasteiger partial charge in [0, 0.05) is 12.1 Å². The number of aromatic nitrogens is 1. The lowest BCUT2D eigenvalue weighted by atomic mass is 10.4. The number of amides is 1. The molecule has 78 valence electrons. The van der Waals surface area contributed by atoms with E-state index in [2.05, 4.69) is 21.2 Å². The van der Waals surface area contributed by atoms with E-state index in [-0.39, 0.29) is 18.3 Å². The molecule has 0 aliphatic heterocycles. The summed E-state index contributed by atoms with van der Waals surface area (Å²) in [6.45, 7) is 1.47. The van der Waals surface area contributed by atoms with E-state index in [0.717, 1.165) is 6.54 Å². The molecule has 1 aromatic rings. The van der Waals surface area contributed by atoms with Gasteiger partial charge in [0.2, 0.25) is 5.91 Å². The number of pyridine rings is 1. The molecule has 1 aromatic heterocycles. The van der Waals surface area contributed by atoms with Crippen molar-refractivity contribution in [2.45, 2.75) is 6.54 Å². The number of alkyl halides is 1. The molecule has 0 saturated heterocycles. The Morgan fingerprint density at radius 2 is 1.93 bits per heavy atom. The van der Waals surface area contributed by atoms with Gasteiger partial charge < -0.3 is 17.7 Å². The van der Waals surface area contributed by atoms with E-state index in [1.165, 1.54) is 0 Å². The van der Waals surface area contributed by atoms with E-state index < -0.39 is 0 Å². The van der Waals surface area contributed by atoms with Crippen LogP contribution in [-0.2, 0) is 11.3 Å². The van der Waals surface area contributed by atoms with Crippen molar-refractivity contribution in [2.24, 2.45) is 0 Å².